The third-order valence-electron chi connectivity index (χ3n) is 2.23. The molecule has 4 N–H and O–H groups in total. The van der Waals surface area contributed by atoms with E-state index in [1.54, 1.807) is 6.20 Å². The zero-order valence-corrected chi connectivity index (χ0v) is 6.37. The number of carboxylic acid groups (broad SMARTS) is 1. The summed E-state index contributed by atoms with van der Waals surface area (Å²) in [6.45, 7) is 0. The molecule has 1 aliphatic carbocycles. The van der Waals surface area contributed by atoms with Crippen LogP contribution < -0.4 is 5.73 Å². The number of fused-ring (bicyclic) bond motifs is 1. The molecular formula is C7H9N3O2. The van der Waals surface area contributed by atoms with Crippen molar-refractivity contribution in [3.05, 3.63) is 17.5 Å². The largest absolute Gasteiger partial charge is 0.480 e. The summed E-state index contributed by atoms with van der Waals surface area (Å²) in [4.78, 5) is 10.7. The fourth-order valence-electron chi connectivity index (χ4n) is 1.51. The first-order valence-corrected chi connectivity index (χ1v) is 3.65. The summed E-state index contributed by atoms with van der Waals surface area (Å²) in [5.41, 5.74) is 6.29. The van der Waals surface area contributed by atoms with Gasteiger partial charge in [0.1, 0.15) is 5.54 Å². The van der Waals surface area contributed by atoms with Gasteiger partial charge in [0.05, 0.1) is 6.20 Å². The molecule has 1 atom stereocenters. The second-order valence-corrected chi connectivity index (χ2v) is 3.19. The molecule has 1 heterocycles. The highest BCUT2D eigenvalue weighted by molar-refractivity contribution is 5.80. The third-order valence-corrected chi connectivity index (χ3v) is 2.23. The van der Waals surface area contributed by atoms with Crippen LogP contribution in [0.5, 0.6) is 0 Å². The van der Waals surface area contributed by atoms with Crippen LogP contribution in [0.15, 0.2) is 6.20 Å². The van der Waals surface area contributed by atoms with Gasteiger partial charge in [0, 0.05) is 18.5 Å². The predicted octanol–water partition coefficient (Wildman–Crippen LogP) is -0.710. The molecule has 0 saturated carbocycles. The van der Waals surface area contributed by atoms with Gasteiger partial charge in [0.15, 0.2) is 0 Å². The van der Waals surface area contributed by atoms with Gasteiger partial charge in [0.2, 0.25) is 0 Å². The maximum absolute atomic E-state index is 10.7. The fourth-order valence-corrected chi connectivity index (χ4v) is 1.51. The van der Waals surface area contributed by atoms with Crippen LogP contribution >= 0.6 is 0 Å². The van der Waals surface area contributed by atoms with Crippen molar-refractivity contribution in [3.63, 3.8) is 0 Å². The number of H-pyrrole nitrogens is 1. The van der Waals surface area contributed by atoms with E-state index in [4.69, 9.17) is 10.8 Å². The highest BCUT2D eigenvalue weighted by Crippen LogP contribution is 2.26. The smallest absolute Gasteiger partial charge is 0.324 e. The summed E-state index contributed by atoms with van der Waals surface area (Å²) in [6, 6.07) is 0. The van der Waals surface area contributed by atoms with Crippen molar-refractivity contribution in [2.75, 3.05) is 0 Å². The Morgan fingerprint density at radius 1 is 1.75 bits per heavy atom. The molecule has 0 saturated heterocycles. The first kappa shape index (κ1) is 7.30. The Bertz CT molecular complexity index is 311. The highest BCUT2D eigenvalue weighted by atomic mass is 16.4. The number of aliphatic carboxylic acids is 1. The first-order chi connectivity index (χ1) is 5.62. The summed E-state index contributed by atoms with van der Waals surface area (Å²) >= 11 is 0. The van der Waals surface area contributed by atoms with Gasteiger partial charge >= 0.3 is 5.97 Å². The highest BCUT2D eigenvalue weighted by Gasteiger charge is 2.41. The second-order valence-electron chi connectivity index (χ2n) is 3.19. The molecule has 1 aromatic heterocycles. The number of carbonyl (C=O) groups is 1. The number of carboxylic acids is 1. The molecule has 0 fully saturated rings. The van der Waals surface area contributed by atoms with E-state index < -0.39 is 11.5 Å². The third kappa shape index (κ3) is 0.831. The molecule has 0 amide bonds. The Labute approximate surface area is 68.6 Å². The van der Waals surface area contributed by atoms with E-state index in [-0.39, 0.29) is 0 Å². The van der Waals surface area contributed by atoms with Crippen LogP contribution in [-0.4, -0.2) is 26.8 Å². The molecular weight excluding hydrogens is 158 g/mol. The molecule has 0 aromatic carbocycles. The molecule has 1 aromatic rings. The van der Waals surface area contributed by atoms with Crippen molar-refractivity contribution in [1.82, 2.24) is 10.2 Å². The van der Waals surface area contributed by atoms with Gasteiger partial charge in [-0.15, -0.1) is 0 Å². The van der Waals surface area contributed by atoms with Crippen LogP contribution in [0.2, 0.25) is 0 Å². The van der Waals surface area contributed by atoms with Crippen LogP contribution in [0, 0.1) is 0 Å². The fraction of sp³-hybridized carbons (Fsp3) is 0.429. The molecule has 0 aliphatic heterocycles. The molecule has 0 bridgehead atoms. The summed E-state index contributed by atoms with van der Waals surface area (Å²) in [6.07, 6.45) is 2.35. The number of rotatable bonds is 1. The van der Waals surface area contributed by atoms with Crippen LogP contribution in [0.25, 0.3) is 0 Å². The molecule has 0 radical (unpaired) electrons. The maximum atomic E-state index is 10.7. The van der Waals surface area contributed by atoms with Crippen molar-refractivity contribution in [1.29, 1.82) is 0 Å². The minimum Gasteiger partial charge on any atom is -0.480 e. The number of aromatic nitrogens is 2. The summed E-state index contributed by atoms with van der Waals surface area (Å²) < 4.78 is 0. The van der Waals surface area contributed by atoms with Crippen molar-refractivity contribution >= 4 is 5.97 Å². The standard InChI is InChI=1S/C7H9N3O2/c8-7(6(11)12)1-4-3-9-10-5(4)2-7/h3H,1-2,8H2,(H,9,10)(H,11,12). The Morgan fingerprint density at radius 3 is 3.08 bits per heavy atom. The number of aromatic amines is 1. The lowest BCUT2D eigenvalue weighted by Crippen LogP contribution is -2.48. The van der Waals surface area contributed by atoms with Crippen molar-refractivity contribution in [2.24, 2.45) is 5.73 Å². The van der Waals surface area contributed by atoms with Gasteiger partial charge in [-0.3, -0.25) is 9.89 Å². The molecule has 64 valence electrons. The Balaban J connectivity index is 2.32. The maximum Gasteiger partial charge on any atom is 0.324 e. The Kier molecular flexibility index (Phi) is 1.26. The molecule has 0 spiro atoms. The summed E-state index contributed by atoms with van der Waals surface area (Å²) in [5.74, 6) is -0.952. The minimum atomic E-state index is -1.12. The van der Waals surface area contributed by atoms with E-state index in [9.17, 15) is 4.79 Å². The molecule has 2 rings (SSSR count). The topological polar surface area (TPSA) is 92.0 Å². The lowest BCUT2D eigenvalue weighted by atomic mass is 9.98. The number of nitrogens with one attached hydrogen (secondary N) is 1. The quantitative estimate of drug-likeness (QED) is 0.515. The van der Waals surface area contributed by atoms with Crippen LogP contribution in [0.4, 0.5) is 0 Å². The number of hydrogen-bond acceptors (Lipinski definition) is 3. The summed E-state index contributed by atoms with van der Waals surface area (Å²) in [7, 11) is 0. The van der Waals surface area contributed by atoms with Crippen molar-refractivity contribution in [3.8, 4) is 0 Å². The van der Waals surface area contributed by atoms with Gasteiger partial charge in [-0.2, -0.15) is 5.10 Å². The van der Waals surface area contributed by atoms with E-state index in [1.165, 1.54) is 0 Å². The van der Waals surface area contributed by atoms with E-state index >= 15 is 0 Å². The van der Waals surface area contributed by atoms with Gasteiger partial charge in [-0.25, -0.2) is 0 Å². The normalized spacial score (nSPS) is 27.1. The van der Waals surface area contributed by atoms with Gasteiger partial charge in [-0.1, -0.05) is 0 Å². The average molecular weight is 167 g/mol. The molecule has 5 nitrogen and oxygen atoms in total. The van der Waals surface area contributed by atoms with E-state index in [1.807, 2.05) is 0 Å². The number of nitrogens with zero attached hydrogens (tertiary/aromatic N) is 1. The van der Waals surface area contributed by atoms with Gasteiger partial charge in [0.25, 0.3) is 0 Å². The Hall–Kier alpha value is -1.36. The lowest BCUT2D eigenvalue weighted by molar-refractivity contribution is -0.142. The Morgan fingerprint density at radius 2 is 2.50 bits per heavy atom. The first-order valence-electron chi connectivity index (χ1n) is 3.65. The zero-order valence-electron chi connectivity index (χ0n) is 6.37. The summed E-state index contributed by atoms with van der Waals surface area (Å²) in [5, 5.41) is 15.3. The van der Waals surface area contributed by atoms with Gasteiger partial charge < -0.3 is 10.8 Å². The average Bonchev–Trinajstić information content (AvgIpc) is 2.44. The van der Waals surface area contributed by atoms with E-state index in [0.717, 1.165) is 11.3 Å². The van der Waals surface area contributed by atoms with Crippen LogP contribution in [0.3, 0.4) is 0 Å². The number of nitrogens with two attached hydrogens (primary N) is 1. The minimum absolute atomic E-state index is 0.345. The number of hydrogen-bond donors (Lipinski definition) is 3. The van der Waals surface area contributed by atoms with E-state index in [2.05, 4.69) is 10.2 Å². The lowest BCUT2D eigenvalue weighted by Gasteiger charge is -2.16. The SMILES string of the molecule is NC1(C(=O)O)Cc2cn[nH]c2C1. The molecule has 1 aliphatic rings. The predicted molar refractivity (Wildman–Crippen MR) is 40.5 cm³/mol. The van der Waals surface area contributed by atoms with Crippen LogP contribution in [-0.2, 0) is 17.6 Å². The van der Waals surface area contributed by atoms with Crippen molar-refractivity contribution in [2.45, 2.75) is 18.4 Å². The zero-order chi connectivity index (χ0) is 8.77. The van der Waals surface area contributed by atoms with E-state index in [0.29, 0.717) is 12.8 Å². The molecule has 1 unspecified atom stereocenters. The van der Waals surface area contributed by atoms with Crippen LogP contribution in [0.1, 0.15) is 11.3 Å². The van der Waals surface area contributed by atoms with Gasteiger partial charge in [-0.05, 0) is 5.56 Å². The second kappa shape index (κ2) is 2.07. The van der Waals surface area contributed by atoms with Crippen molar-refractivity contribution < 1.29 is 9.90 Å². The molecule has 12 heavy (non-hydrogen) atoms. The monoisotopic (exact) mass is 167 g/mol. The molecule has 5 heteroatoms.